The Morgan fingerprint density at radius 2 is 0.786 bits per heavy atom. The molecule has 126 heavy (non-hydrogen) atoms. The topological polar surface area (TPSA) is 80.3 Å². The van der Waals surface area contributed by atoms with Crippen molar-refractivity contribution >= 4 is 161 Å². The number of aryl methyl sites for hydroxylation is 1. The Morgan fingerprint density at radius 1 is 0.278 bits per heavy atom. The van der Waals surface area contributed by atoms with Gasteiger partial charge in [-0.15, -0.1) is 22.7 Å². The third-order valence-corrected chi connectivity index (χ3v) is 28.7. The zero-order chi connectivity index (χ0) is 82.6. The highest BCUT2D eigenvalue weighted by Crippen LogP contribution is 2.52. The predicted molar refractivity (Wildman–Crippen MR) is 531 cm³/mol. The second kappa shape index (κ2) is 29.0. The lowest BCUT2D eigenvalue weighted by Crippen LogP contribution is -2.34. The van der Waals surface area contributed by atoms with Crippen LogP contribution in [0.15, 0.2) is 410 Å². The molecule has 7 nitrogen and oxygen atoms in total. The fraction of sp³-hybridized carbons (Fsp3) is 0.0342. The molecule has 0 saturated heterocycles. The van der Waals surface area contributed by atoms with Crippen molar-refractivity contribution in [3.05, 3.63) is 434 Å². The highest BCUT2D eigenvalue weighted by molar-refractivity contribution is 7.26. The quantitative estimate of drug-likeness (QED) is 0.131. The van der Waals surface area contributed by atoms with E-state index in [1.807, 2.05) is 22.7 Å². The summed E-state index contributed by atoms with van der Waals surface area (Å²) in [4.78, 5) is 28.1. The molecule has 2 unspecified atom stereocenters. The van der Waals surface area contributed by atoms with Crippen molar-refractivity contribution < 1.29 is 0 Å². The number of nitrogens with one attached hydrogen (secondary N) is 1. The van der Waals surface area contributed by atoms with Crippen LogP contribution >= 0.6 is 22.7 Å². The van der Waals surface area contributed by atoms with Gasteiger partial charge in [0.05, 0.1) is 16.7 Å². The lowest BCUT2D eigenvalue weighted by Gasteiger charge is -2.29. The summed E-state index contributed by atoms with van der Waals surface area (Å²) in [6.45, 7) is 0. The third-order valence-electron chi connectivity index (χ3n) is 26.5. The molecule has 26 rings (SSSR count). The number of hydrogen-bond donors (Lipinski definition) is 1. The molecule has 588 valence electrons. The van der Waals surface area contributed by atoms with Gasteiger partial charge in [0.25, 0.3) is 0 Å². The van der Waals surface area contributed by atoms with Crippen molar-refractivity contribution in [1.29, 1.82) is 0 Å². The summed E-state index contributed by atoms with van der Waals surface area (Å²) >= 11 is 3.70. The number of hydrogen-bond acceptors (Lipinski definition) is 8. The normalized spacial score (nSPS) is 14.1. The minimum Gasteiger partial charge on any atom is -0.344 e. The smallest absolute Gasteiger partial charge is 0.166 e. The number of aliphatic imine (C=N–C) groups is 2. The van der Waals surface area contributed by atoms with Crippen molar-refractivity contribution in [2.24, 2.45) is 9.98 Å². The number of benzene rings is 20. The van der Waals surface area contributed by atoms with E-state index in [1.165, 1.54) is 133 Å². The first-order valence-electron chi connectivity index (χ1n) is 43.3. The van der Waals surface area contributed by atoms with Gasteiger partial charge in [0.2, 0.25) is 0 Å². The van der Waals surface area contributed by atoms with Crippen LogP contribution in [0.5, 0.6) is 0 Å². The molecule has 5 heterocycles. The molecule has 0 fully saturated rings. The molecule has 4 aromatic heterocycles. The second-order valence-electron chi connectivity index (χ2n) is 33.6. The Kier molecular flexibility index (Phi) is 16.6. The van der Waals surface area contributed by atoms with Gasteiger partial charge >= 0.3 is 0 Å². The van der Waals surface area contributed by atoms with E-state index in [-0.39, 0.29) is 5.92 Å². The Bertz CT molecular complexity index is 8790. The van der Waals surface area contributed by atoms with E-state index in [1.54, 1.807) is 0 Å². The average molecular weight is 1640 g/mol. The monoisotopic (exact) mass is 1640 g/mol. The molecule has 2 atom stereocenters. The largest absolute Gasteiger partial charge is 0.344 e. The summed E-state index contributed by atoms with van der Waals surface area (Å²) < 4.78 is 7.45. The van der Waals surface area contributed by atoms with Gasteiger partial charge in [-0.3, -0.25) is 0 Å². The summed E-state index contributed by atoms with van der Waals surface area (Å²) in [6, 6.07) is 147. The van der Waals surface area contributed by atoms with Gasteiger partial charge in [-0.1, -0.05) is 315 Å². The van der Waals surface area contributed by atoms with Crippen LogP contribution in [-0.2, 0) is 6.42 Å². The van der Waals surface area contributed by atoms with Crippen LogP contribution in [0.1, 0.15) is 51.9 Å². The maximum absolute atomic E-state index is 5.79. The molecule has 0 amide bonds. The van der Waals surface area contributed by atoms with Crippen molar-refractivity contribution in [3.63, 3.8) is 0 Å². The lowest BCUT2D eigenvalue weighted by molar-refractivity contribution is 0.647. The zero-order valence-electron chi connectivity index (χ0n) is 68.2. The van der Waals surface area contributed by atoms with E-state index < -0.39 is 6.17 Å². The third kappa shape index (κ3) is 11.9. The molecular formula is C117H73N7S2. The summed E-state index contributed by atoms with van der Waals surface area (Å²) in [5.74, 6) is 3.27. The number of nitrogens with zero attached hydrogens (tertiary/aromatic N) is 6. The van der Waals surface area contributed by atoms with E-state index in [2.05, 4.69) is 410 Å². The SMILES string of the molecule is c1ccc(-c2cccc(C3=NC(c4ccc5c(ccc6ccccc65)c4)=NC(c4ccc5sc6ccccc6c5c4C4CCc5cc6cc(-c7cccc(-c8ccc(-c9nc(-c%10ccc%11c(ccc%12ccccc%12%11)c%10)nc(-c%10ccc%11sc%12ccccc%12c%11c%10-n%10c%11ccccc%11c%11cc%12ccccc%12cc%11%10)n9)cc8)c7)ccc6cc5-c5ccccc54)N3)c2)cc1. The van der Waals surface area contributed by atoms with Crippen LogP contribution in [0.4, 0.5) is 0 Å². The average Bonchev–Trinajstić information content (AvgIpc) is 1.54. The molecule has 20 aromatic carbocycles. The maximum Gasteiger partial charge on any atom is 0.166 e. The van der Waals surface area contributed by atoms with Crippen molar-refractivity contribution in [2.45, 2.75) is 24.9 Å². The fourth-order valence-corrected chi connectivity index (χ4v) is 22.7. The molecule has 24 aromatic rings. The summed E-state index contributed by atoms with van der Waals surface area (Å²) in [5.41, 5.74) is 22.5. The van der Waals surface area contributed by atoms with E-state index >= 15 is 0 Å². The zero-order valence-corrected chi connectivity index (χ0v) is 69.8. The van der Waals surface area contributed by atoms with E-state index in [0.717, 1.165) is 113 Å². The molecule has 0 saturated carbocycles. The Balaban J connectivity index is 0.562. The van der Waals surface area contributed by atoms with E-state index in [4.69, 9.17) is 24.9 Å². The summed E-state index contributed by atoms with van der Waals surface area (Å²) in [7, 11) is 0. The summed E-state index contributed by atoms with van der Waals surface area (Å²) in [6.07, 6.45) is 1.27. The number of amidine groups is 2. The van der Waals surface area contributed by atoms with Crippen molar-refractivity contribution in [1.82, 2.24) is 24.8 Å². The minimum absolute atomic E-state index is 0.00451. The minimum atomic E-state index is -0.486. The number of para-hydroxylation sites is 1. The van der Waals surface area contributed by atoms with Gasteiger partial charge in [0.1, 0.15) is 12.0 Å². The van der Waals surface area contributed by atoms with Crippen LogP contribution < -0.4 is 5.32 Å². The molecule has 9 heteroatoms. The van der Waals surface area contributed by atoms with Gasteiger partial charge in [0.15, 0.2) is 23.3 Å². The van der Waals surface area contributed by atoms with Crippen LogP contribution in [-0.4, -0.2) is 31.2 Å². The van der Waals surface area contributed by atoms with Gasteiger partial charge < -0.3 is 9.88 Å². The molecule has 0 radical (unpaired) electrons. The molecule has 1 aliphatic heterocycles. The highest BCUT2D eigenvalue weighted by atomic mass is 32.1. The summed E-state index contributed by atoms with van der Waals surface area (Å²) in [5, 5.41) is 25.7. The highest BCUT2D eigenvalue weighted by Gasteiger charge is 2.34. The van der Waals surface area contributed by atoms with E-state index in [0.29, 0.717) is 23.3 Å². The van der Waals surface area contributed by atoms with Gasteiger partial charge in [-0.25, -0.2) is 24.9 Å². The van der Waals surface area contributed by atoms with Crippen LogP contribution in [0.25, 0.3) is 211 Å². The van der Waals surface area contributed by atoms with Crippen molar-refractivity contribution in [3.8, 4) is 84.4 Å². The Labute approximate surface area is 733 Å². The molecule has 2 aliphatic rings. The Hall–Kier alpha value is -15.7. The Morgan fingerprint density at radius 3 is 1.54 bits per heavy atom. The number of fused-ring (bicyclic) bond motifs is 20. The van der Waals surface area contributed by atoms with Crippen LogP contribution in [0.3, 0.4) is 0 Å². The fourth-order valence-electron chi connectivity index (χ4n) is 20.5. The van der Waals surface area contributed by atoms with Gasteiger partial charge in [-0.2, -0.15) is 0 Å². The first-order chi connectivity index (χ1) is 62.4. The number of thiophene rings is 2. The second-order valence-corrected chi connectivity index (χ2v) is 35.8. The van der Waals surface area contributed by atoms with E-state index in [9.17, 15) is 0 Å². The molecule has 0 bridgehead atoms. The first kappa shape index (κ1) is 72.0. The number of rotatable bonds is 11. The van der Waals surface area contributed by atoms with Gasteiger partial charge in [-0.05, 0) is 224 Å². The van der Waals surface area contributed by atoms with Crippen molar-refractivity contribution in [2.75, 3.05) is 0 Å². The standard InChI is InChI=1S/C117H73N7S2/c1-2-20-69(21-3-1)75-27-19-29-84(61-75)113-119-115(86-52-54-91-82(64-86)49-43-72-23-7-9-31-89(72)91)122-116(121-113)98-56-58-106-109(96-35-13-16-38-104(96)125-106)108(98)95-55-50-83-65-87-62-79(46-47-80(87)66-100(83)93-33-11-10-32-92(93)95)76-28-18-26-74(60-76)70-40-44-73(45-41-70)112-118-114(85-51-53-90-81(63-85)48-42-71-22-6-8-30-88(71)90)123-117(120-112)99-57-59-107-110(97-36-14-17-39-105(97)126-107)111(99)124-102-37-15-12-34-94(102)101-67-77-24-4-5-25-78(77)68-103(101)124/h1-49,51-54,56-68,95,116H,50,55H2,(H,119,121,122). The molecular weight excluding hydrogens is 1570 g/mol. The number of aromatic nitrogens is 4. The predicted octanol–water partition coefficient (Wildman–Crippen LogP) is 30.9. The molecule has 1 aliphatic carbocycles. The molecule has 0 spiro atoms. The van der Waals surface area contributed by atoms with Crippen LogP contribution in [0.2, 0.25) is 0 Å². The molecule has 1 N–H and O–H groups in total. The van der Waals surface area contributed by atoms with Crippen LogP contribution in [0, 0.1) is 0 Å². The lowest BCUT2D eigenvalue weighted by atomic mass is 9.80. The maximum atomic E-state index is 5.79. The first-order valence-corrected chi connectivity index (χ1v) is 44.9. The van der Waals surface area contributed by atoms with Gasteiger partial charge in [0, 0.05) is 90.4 Å².